The van der Waals surface area contributed by atoms with Crippen molar-refractivity contribution in [2.24, 2.45) is 5.92 Å². The lowest BCUT2D eigenvalue weighted by molar-refractivity contribution is -0.137. The third kappa shape index (κ3) is 4.70. The number of piperidine rings is 1. The molecule has 1 N–H and O–H groups in total. The Bertz CT molecular complexity index is 492. The molecule has 1 aliphatic rings. The lowest BCUT2D eigenvalue weighted by Gasteiger charge is -2.32. The lowest BCUT2D eigenvalue weighted by atomic mass is 9.93. The second kappa shape index (κ2) is 7.41. The first-order chi connectivity index (χ1) is 10.1. The molecular formula is C16H22FNO3. The van der Waals surface area contributed by atoms with E-state index < -0.39 is 5.97 Å². The summed E-state index contributed by atoms with van der Waals surface area (Å²) in [5.41, 5.74) is 1.02. The molecule has 0 aliphatic carbocycles. The Morgan fingerprint density at radius 1 is 1.52 bits per heavy atom. The fourth-order valence-corrected chi connectivity index (χ4v) is 2.92. The van der Waals surface area contributed by atoms with Crippen LogP contribution in [0.15, 0.2) is 18.2 Å². The van der Waals surface area contributed by atoms with Gasteiger partial charge in [-0.25, -0.2) is 4.39 Å². The van der Waals surface area contributed by atoms with E-state index in [-0.39, 0.29) is 18.0 Å². The zero-order valence-electron chi connectivity index (χ0n) is 12.3. The van der Waals surface area contributed by atoms with Crippen LogP contribution in [0.5, 0.6) is 5.75 Å². The van der Waals surface area contributed by atoms with Gasteiger partial charge in [0.05, 0.1) is 7.11 Å². The first kappa shape index (κ1) is 15.8. The minimum atomic E-state index is -0.726. The van der Waals surface area contributed by atoms with Crippen LogP contribution in [0.2, 0.25) is 0 Å². The summed E-state index contributed by atoms with van der Waals surface area (Å²) in [6.45, 7) is 2.66. The number of carboxylic acids is 1. The number of likely N-dealkylation sites (tertiary alicyclic amines) is 1. The largest absolute Gasteiger partial charge is 0.494 e. The zero-order valence-corrected chi connectivity index (χ0v) is 12.3. The molecule has 0 bridgehead atoms. The van der Waals surface area contributed by atoms with Crippen LogP contribution in [0.4, 0.5) is 4.39 Å². The number of rotatable bonds is 6. The van der Waals surface area contributed by atoms with E-state index >= 15 is 0 Å². The van der Waals surface area contributed by atoms with E-state index in [1.54, 1.807) is 12.1 Å². The average molecular weight is 295 g/mol. The molecule has 1 unspecified atom stereocenters. The molecule has 0 spiro atoms. The summed E-state index contributed by atoms with van der Waals surface area (Å²) >= 11 is 0. The van der Waals surface area contributed by atoms with Gasteiger partial charge in [0.2, 0.25) is 0 Å². The van der Waals surface area contributed by atoms with Crippen LogP contribution in [0, 0.1) is 11.7 Å². The Morgan fingerprint density at radius 3 is 3.05 bits per heavy atom. The van der Waals surface area contributed by atoms with Gasteiger partial charge in [-0.05, 0) is 49.4 Å². The molecule has 1 heterocycles. The van der Waals surface area contributed by atoms with Gasteiger partial charge in [-0.1, -0.05) is 6.07 Å². The zero-order chi connectivity index (χ0) is 15.2. The molecule has 2 rings (SSSR count). The molecule has 1 atom stereocenters. The van der Waals surface area contributed by atoms with Crippen LogP contribution in [0.1, 0.15) is 31.2 Å². The van der Waals surface area contributed by atoms with Crippen molar-refractivity contribution in [3.05, 3.63) is 29.6 Å². The topological polar surface area (TPSA) is 49.8 Å². The number of aliphatic carboxylic acids is 1. The van der Waals surface area contributed by atoms with Gasteiger partial charge in [0.1, 0.15) is 0 Å². The summed E-state index contributed by atoms with van der Waals surface area (Å²) in [5, 5.41) is 8.77. The highest BCUT2D eigenvalue weighted by atomic mass is 19.1. The van der Waals surface area contributed by atoms with Crippen LogP contribution in [0.3, 0.4) is 0 Å². The Kier molecular flexibility index (Phi) is 5.56. The number of hydrogen-bond acceptors (Lipinski definition) is 3. The summed E-state index contributed by atoms with van der Waals surface area (Å²) in [5.74, 6) is -0.362. The van der Waals surface area contributed by atoms with Crippen LogP contribution in [-0.4, -0.2) is 36.2 Å². The van der Waals surface area contributed by atoms with Gasteiger partial charge in [0.15, 0.2) is 11.6 Å². The molecule has 1 aromatic rings. The van der Waals surface area contributed by atoms with Crippen molar-refractivity contribution in [1.29, 1.82) is 0 Å². The van der Waals surface area contributed by atoms with Crippen molar-refractivity contribution >= 4 is 5.97 Å². The van der Waals surface area contributed by atoms with Gasteiger partial charge >= 0.3 is 5.97 Å². The van der Waals surface area contributed by atoms with Gasteiger partial charge in [-0.15, -0.1) is 0 Å². The molecule has 1 saturated heterocycles. The summed E-state index contributed by atoms with van der Waals surface area (Å²) in [7, 11) is 1.46. The number of ether oxygens (including phenoxy) is 1. The van der Waals surface area contributed by atoms with E-state index in [2.05, 4.69) is 4.90 Å². The number of carbonyl (C=O) groups is 1. The molecule has 1 aliphatic heterocycles. The Labute approximate surface area is 124 Å². The maximum absolute atomic E-state index is 13.4. The van der Waals surface area contributed by atoms with Crippen molar-refractivity contribution < 1.29 is 19.0 Å². The highest BCUT2D eigenvalue weighted by Gasteiger charge is 2.20. The van der Waals surface area contributed by atoms with Gasteiger partial charge in [0, 0.05) is 19.5 Å². The fraction of sp³-hybridized carbons (Fsp3) is 0.562. The molecule has 116 valence electrons. The minimum Gasteiger partial charge on any atom is -0.494 e. The van der Waals surface area contributed by atoms with E-state index in [1.807, 2.05) is 0 Å². The first-order valence-electron chi connectivity index (χ1n) is 7.35. The molecule has 5 heteroatoms. The van der Waals surface area contributed by atoms with Gasteiger partial charge in [-0.3, -0.25) is 9.69 Å². The van der Waals surface area contributed by atoms with Crippen molar-refractivity contribution in [1.82, 2.24) is 4.90 Å². The van der Waals surface area contributed by atoms with Crippen molar-refractivity contribution in [2.45, 2.75) is 32.2 Å². The maximum Gasteiger partial charge on any atom is 0.303 e. The normalized spacial score (nSPS) is 19.4. The van der Waals surface area contributed by atoms with Crippen LogP contribution >= 0.6 is 0 Å². The van der Waals surface area contributed by atoms with E-state index in [0.29, 0.717) is 5.92 Å². The van der Waals surface area contributed by atoms with Crippen LogP contribution in [-0.2, 0) is 11.3 Å². The third-order valence-corrected chi connectivity index (χ3v) is 3.99. The van der Waals surface area contributed by atoms with Gasteiger partial charge in [0.25, 0.3) is 0 Å². The Balaban J connectivity index is 1.91. The third-order valence-electron chi connectivity index (χ3n) is 3.99. The smallest absolute Gasteiger partial charge is 0.303 e. The quantitative estimate of drug-likeness (QED) is 0.876. The number of benzene rings is 1. The molecule has 0 radical (unpaired) electrons. The minimum absolute atomic E-state index is 0.239. The monoisotopic (exact) mass is 295 g/mol. The van der Waals surface area contributed by atoms with Crippen LogP contribution in [0.25, 0.3) is 0 Å². The number of carboxylic acid groups (broad SMARTS) is 1. The lowest BCUT2D eigenvalue weighted by Crippen LogP contribution is -2.35. The van der Waals surface area contributed by atoms with E-state index in [4.69, 9.17) is 9.84 Å². The standard InChI is InChI=1S/C16H22FNO3/c1-21-15-9-13(4-6-14(15)17)11-18-8-2-3-12(10-18)5-7-16(19)20/h4,6,9,12H,2-3,5,7-8,10-11H2,1H3,(H,19,20). The van der Waals surface area contributed by atoms with Gasteiger partial charge < -0.3 is 9.84 Å². The highest BCUT2D eigenvalue weighted by molar-refractivity contribution is 5.66. The highest BCUT2D eigenvalue weighted by Crippen LogP contribution is 2.24. The molecular weight excluding hydrogens is 273 g/mol. The van der Waals surface area contributed by atoms with Crippen molar-refractivity contribution in [3.8, 4) is 5.75 Å². The predicted octanol–water partition coefficient (Wildman–Crippen LogP) is 2.91. The number of halogens is 1. The van der Waals surface area contributed by atoms with Crippen LogP contribution < -0.4 is 4.74 Å². The second-order valence-electron chi connectivity index (χ2n) is 5.64. The number of hydrogen-bond donors (Lipinski definition) is 1. The van der Waals surface area contributed by atoms with Crippen molar-refractivity contribution in [3.63, 3.8) is 0 Å². The molecule has 21 heavy (non-hydrogen) atoms. The first-order valence-corrected chi connectivity index (χ1v) is 7.35. The molecule has 4 nitrogen and oxygen atoms in total. The Hall–Kier alpha value is -1.62. The molecule has 1 aromatic carbocycles. The predicted molar refractivity (Wildman–Crippen MR) is 77.8 cm³/mol. The second-order valence-corrected chi connectivity index (χ2v) is 5.64. The molecule has 0 amide bonds. The van der Waals surface area contributed by atoms with E-state index in [9.17, 15) is 9.18 Å². The summed E-state index contributed by atoms with van der Waals surface area (Å²) in [6.07, 6.45) is 3.15. The van der Waals surface area contributed by atoms with Gasteiger partial charge in [-0.2, -0.15) is 0 Å². The summed E-state index contributed by atoms with van der Waals surface area (Å²) in [6, 6.07) is 4.94. The summed E-state index contributed by atoms with van der Waals surface area (Å²) in [4.78, 5) is 13.0. The van der Waals surface area contributed by atoms with E-state index in [1.165, 1.54) is 13.2 Å². The Morgan fingerprint density at radius 2 is 2.33 bits per heavy atom. The molecule has 1 fully saturated rings. The molecule has 0 saturated carbocycles. The molecule has 0 aromatic heterocycles. The SMILES string of the molecule is COc1cc(CN2CCCC(CCC(=O)O)C2)ccc1F. The van der Waals surface area contributed by atoms with E-state index in [0.717, 1.165) is 44.5 Å². The van der Waals surface area contributed by atoms with Crippen molar-refractivity contribution in [2.75, 3.05) is 20.2 Å². The average Bonchev–Trinajstić information content (AvgIpc) is 2.47. The number of nitrogens with zero attached hydrogens (tertiary/aromatic N) is 1. The maximum atomic E-state index is 13.4. The fourth-order valence-electron chi connectivity index (χ4n) is 2.92. The number of methoxy groups -OCH3 is 1. The summed E-state index contributed by atoms with van der Waals surface area (Å²) < 4.78 is 18.4.